The second-order valence-electron chi connectivity index (χ2n) is 13.4. The number of hydrogen-bond donors (Lipinski definition) is 0. The molecular formula is C42H77NO2. The predicted octanol–water partition coefficient (Wildman–Crippen LogP) is 13.3. The molecule has 3 heteroatoms. The molecule has 0 spiro atoms. The summed E-state index contributed by atoms with van der Waals surface area (Å²) in [6.45, 7) is 5.29. The molecule has 0 unspecified atom stereocenters. The first kappa shape index (κ1) is 43.4. The van der Waals surface area contributed by atoms with Crippen molar-refractivity contribution < 1.29 is 9.53 Å². The lowest BCUT2D eigenvalue weighted by molar-refractivity contribution is -0.150. The Hall–Kier alpha value is -1.61. The van der Waals surface area contributed by atoms with Crippen LogP contribution in [0.25, 0.3) is 0 Å². The standard InChI is InChI=1S/C42H77NO2/c1-5-7-9-11-13-15-17-19-21-23-25-27-29-31-33-35-37-41(45-42(44)39-40-43(3)4)38-36-34-32-30-28-26-24-22-20-18-16-14-12-10-8-6-2/h13-16,19-22,41H,5-12,17-18,23-40H2,1-4H3/b15-13+,16-14+,21-19+,22-20+. The van der Waals surface area contributed by atoms with Crippen molar-refractivity contribution in [2.75, 3.05) is 20.6 Å². The summed E-state index contributed by atoms with van der Waals surface area (Å²) in [7, 11) is 4.03. The van der Waals surface area contributed by atoms with Crippen LogP contribution in [0.1, 0.15) is 187 Å². The van der Waals surface area contributed by atoms with Gasteiger partial charge in [0.25, 0.3) is 0 Å². The van der Waals surface area contributed by atoms with Gasteiger partial charge in [0.2, 0.25) is 0 Å². The Morgan fingerprint density at radius 1 is 0.511 bits per heavy atom. The Bertz CT molecular complexity index is 672. The second-order valence-corrected chi connectivity index (χ2v) is 13.4. The van der Waals surface area contributed by atoms with Gasteiger partial charge < -0.3 is 9.64 Å². The molecule has 262 valence electrons. The summed E-state index contributed by atoms with van der Waals surface area (Å²) in [6.07, 6.45) is 51.8. The van der Waals surface area contributed by atoms with Gasteiger partial charge in [0.1, 0.15) is 6.10 Å². The van der Waals surface area contributed by atoms with Crippen LogP contribution in [0, 0.1) is 0 Å². The van der Waals surface area contributed by atoms with Crippen LogP contribution in [0.5, 0.6) is 0 Å². The topological polar surface area (TPSA) is 29.5 Å². The van der Waals surface area contributed by atoms with E-state index in [1.54, 1.807) is 0 Å². The predicted molar refractivity (Wildman–Crippen MR) is 201 cm³/mol. The molecule has 0 saturated heterocycles. The third kappa shape index (κ3) is 36.7. The van der Waals surface area contributed by atoms with E-state index in [1.165, 1.54) is 141 Å². The van der Waals surface area contributed by atoms with E-state index in [0.29, 0.717) is 6.42 Å². The van der Waals surface area contributed by atoms with Gasteiger partial charge in [0, 0.05) is 6.54 Å². The zero-order chi connectivity index (χ0) is 32.9. The van der Waals surface area contributed by atoms with E-state index in [4.69, 9.17) is 4.74 Å². The number of rotatable bonds is 34. The molecule has 0 aliphatic heterocycles. The summed E-state index contributed by atoms with van der Waals surface area (Å²) in [4.78, 5) is 14.5. The van der Waals surface area contributed by atoms with Gasteiger partial charge in [-0.15, -0.1) is 0 Å². The van der Waals surface area contributed by atoms with Gasteiger partial charge in [-0.05, 0) is 104 Å². The molecule has 0 heterocycles. The molecule has 45 heavy (non-hydrogen) atoms. The lowest BCUT2D eigenvalue weighted by Crippen LogP contribution is -2.22. The van der Waals surface area contributed by atoms with E-state index >= 15 is 0 Å². The second kappa shape index (κ2) is 36.9. The fourth-order valence-electron chi connectivity index (χ4n) is 5.54. The van der Waals surface area contributed by atoms with Gasteiger partial charge in [-0.25, -0.2) is 0 Å². The first-order valence-corrected chi connectivity index (χ1v) is 19.5. The minimum atomic E-state index is -0.0197. The average Bonchev–Trinajstić information content (AvgIpc) is 3.03. The van der Waals surface area contributed by atoms with E-state index in [2.05, 4.69) is 67.4 Å². The summed E-state index contributed by atoms with van der Waals surface area (Å²) in [5, 5.41) is 0. The Morgan fingerprint density at radius 2 is 0.867 bits per heavy atom. The number of carbonyl (C=O) groups is 1. The zero-order valence-corrected chi connectivity index (χ0v) is 30.8. The Kier molecular flexibility index (Phi) is 35.5. The molecule has 0 saturated carbocycles. The third-order valence-corrected chi connectivity index (χ3v) is 8.51. The van der Waals surface area contributed by atoms with E-state index in [9.17, 15) is 4.79 Å². The molecule has 0 aliphatic rings. The zero-order valence-electron chi connectivity index (χ0n) is 30.8. The third-order valence-electron chi connectivity index (χ3n) is 8.51. The number of nitrogens with zero attached hydrogens (tertiary/aromatic N) is 1. The van der Waals surface area contributed by atoms with Crippen molar-refractivity contribution in [1.82, 2.24) is 4.90 Å². The molecule has 0 aromatic rings. The maximum absolute atomic E-state index is 12.4. The van der Waals surface area contributed by atoms with E-state index < -0.39 is 0 Å². The van der Waals surface area contributed by atoms with Crippen LogP contribution in [0.15, 0.2) is 48.6 Å². The SMILES string of the molecule is CCCCC/C=C/C/C=C/CCCCCCCCC(CCCCCCCC/C=C/C/C=C/CCCCC)OC(=O)CCN(C)C. The Balaban J connectivity index is 3.96. The van der Waals surface area contributed by atoms with Crippen LogP contribution < -0.4 is 0 Å². The monoisotopic (exact) mass is 628 g/mol. The van der Waals surface area contributed by atoms with Crippen molar-refractivity contribution in [2.45, 2.75) is 193 Å². The van der Waals surface area contributed by atoms with Crippen LogP contribution in [0.3, 0.4) is 0 Å². The molecule has 0 aliphatic carbocycles. The van der Waals surface area contributed by atoms with E-state index in [0.717, 1.165) is 32.2 Å². The van der Waals surface area contributed by atoms with Gasteiger partial charge >= 0.3 is 5.97 Å². The molecule has 0 aromatic carbocycles. The highest BCUT2D eigenvalue weighted by Gasteiger charge is 2.14. The summed E-state index contributed by atoms with van der Waals surface area (Å²) in [5.74, 6) is -0.0197. The molecule has 0 amide bonds. The average molecular weight is 628 g/mol. The number of ether oxygens (including phenoxy) is 1. The van der Waals surface area contributed by atoms with Crippen molar-refractivity contribution in [3.05, 3.63) is 48.6 Å². The van der Waals surface area contributed by atoms with Crippen molar-refractivity contribution >= 4 is 5.97 Å². The highest BCUT2D eigenvalue weighted by Crippen LogP contribution is 2.18. The van der Waals surface area contributed by atoms with Crippen LogP contribution >= 0.6 is 0 Å². The van der Waals surface area contributed by atoms with Gasteiger partial charge in [-0.1, -0.05) is 140 Å². The molecule has 0 bridgehead atoms. The lowest BCUT2D eigenvalue weighted by atomic mass is 10.0. The fourth-order valence-corrected chi connectivity index (χ4v) is 5.54. The summed E-state index contributed by atoms with van der Waals surface area (Å²) in [6, 6.07) is 0. The molecule has 0 radical (unpaired) electrons. The molecule has 3 nitrogen and oxygen atoms in total. The lowest BCUT2D eigenvalue weighted by Gasteiger charge is -2.19. The smallest absolute Gasteiger partial charge is 0.307 e. The van der Waals surface area contributed by atoms with Crippen molar-refractivity contribution in [3.8, 4) is 0 Å². The van der Waals surface area contributed by atoms with Crippen molar-refractivity contribution in [1.29, 1.82) is 0 Å². The first-order chi connectivity index (χ1) is 22.1. The van der Waals surface area contributed by atoms with Gasteiger partial charge in [-0.2, -0.15) is 0 Å². The largest absolute Gasteiger partial charge is 0.462 e. The van der Waals surface area contributed by atoms with Gasteiger partial charge in [-0.3, -0.25) is 4.79 Å². The number of unbranched alkanes of at least 4 members (excludes halogenated alkanes) is 18. The first-order valence-electron chi connectivity index (χ1n) is 19.5. The number of esters is 1. The summed E-state index contributed by atoms with van der Waals surface area (Å²) >= 11 is 0. The van der Waals surface area contributed by atoms with Crippen molar-refractivity contribution in [3.63, 3.8) is 0 Å². The fraction of sp³-hybridized carbons (Fsp3) is 0.786. The number of allylic oxidation sites excluding steroid dienone is 8. The van der Waals surface area contributed by atoms with Crippen molar-refractivity contribution in [2.24, 2.45) is 0 Å². The molecule has 0 rings (SSSR count). The Labute approximate surface area is 282 Å². The summed E-state index contributed by atoms with van der Waals surface area (Å²) in [5.41, 5.74) is 0. The molecular weight excluding hydrogens is 550 g/mol. The number of carbonyl (C=O) groups excluding carboxylic acids is 1. The van der Waals surface area contributed by atoms with E-state index in [1.807, 2.05) is 14.1 Å². The van der Waals surface area contributed by atoms with Crippen LogP contribution in [0.4, 0.5) is 0 Å². The molecule has 0 N–H and O–H groups in total. The Morgan fingerprint density at radius 3 is 1.24 bits per heavy atom. The van der Waals surface area contributed by atoms with Crippen LogP contribution in [-0.4, -0.2) is 37.6 Å². The molecule has 0 fully saturated rings. The highest BCUT2D eigenvalue weighted by atomic mass is 16.5. The number of hydrogen-bond acceptors (Lipinski definition) is 3. The molecule has 0 aromatic heterocycles. The minimum Gasteiger partial charge on any atom is -0.462 e. The van der Waals surface area contributed by atoms with Crippen LogP contribution in [-0.2, 0) is 9.53 Å². The maximum Gasteiger partial charge on any atom is 0.307 e. The normalized spacial score (nSPS) is 12.4. The highest BCUT2D eigenvalue weighted by molar-refractivity contribution is 5.69. The molecule has 0 atom stereocenters. The maximum atomic E-state index is 12.4. The van der Waals surface area contributed by atoms with Crippen LogP contribution in [0.2, 0.25) is 0 Å². The minimum absolute atomic E-state index is 0.0197. The quantitative estimate of drug-likeness (QED) is 0.0404. The van der Waals surface area contributed by atoms with Gasteiger partial charge in [0.05, 0.1) is 6.42 Å². The van der Waals surface area contributed by atoms with Gasteiger partial charge in [0.15, 0.2) is 0 Å². The summed E-state index contributed by atoms with van der Waals surface area (Å²) < 4.78 is 5.96. The van der Waals surface area contributed by atoms with E-state index in [-0.39, 0.29) is 12.1 Å².